The normalized spacial score (nSPS) is 16.1. The van der Waals surface area contributed by atoms with Gasteiger partial charge in [-0.25, -0.2) is 10.2 Å². The summed E-state index contributed by atoms with van der Waals surface area (Å²) in [5, 5.41) is 21.4. The van der Waals surface area contributed by atoms with Crippen molar-refractivity contribution in [2.24, 2.45) is 5.10 Å². The number of hydrogen-bond donors (Lipinski definition) is 3. The van der Waals surface area contributed by atoms with Gasteiger partial charge in [-0.3, -0.25) is 10.1 Å². The molecule has 1 unspecified atom stereocenters. The summed E-state index contributed by atoms with van der Waals surface area (Å²) in [5.41, 5.74) is 9.20. The molecule has 0 saturated heterocycles. The lowest BCUT2D eigenvalue weighted by molar-refractivity contribution is -0.384. The number of carbonyl (C=O) groups is 1. The van der Waals surface area contributed by atoms with Gasteiger partial charge in [-0.1, -0.05) is 42.0 Å². The van der Waals surface area contributed by atoms with E-state index >= 15 is 0 Å². The van der Waals surface area contributed by atoms with Crippen molar-refractivity contribution in [3.8, 4) is 0 Å². The molecule has 3 aromatic carbocycles. The highest BCUT2D eigenvalue weighted by molar-refractivity contribution is 6.07. The van der Waals surface area contributed by atoms with Crippen molar-refractivity contribution < 1.29 is 9.72 Å². The van der Waals surface area contributed by atoms with Crippen molar-refractivity contribution >= 4 is 28.8 Å². The summed E-state index contributed by atoms with van der Waals surface area (Å²) < 4.78 is 0. The molecule has 4 rings (SSSR count). The van der Waals surface area contributed by atoms with Crippen molar-refractivity contribution in [2.75, 3.05) is 10.6 Å². The molecule has 0 spiro atoms. The molecule has 0 aliphatic carbocycles. The summed E-state index contributed by atoms with van der Waals surface area (Å²) in [6.07, 6.45) is 0.610. The largest absolute Gasteiger partial charge is 0.377 e. The molecule has 162 valence electrons. The molecule has 8 nitrogen and oxygen atoms in total. The first-order chi connectivity index (χ1) is 15.4. The molecular formula is C24H23N5O3. The van der Waals surface area contributed by atoms with Gasteiger partial charge in [0.25, 0.3) is 5.69 Å². The zero-order valence-electron chi connectivity index (χ0n) is 17.8. The van der Waals surface area contributed by atoms with Crippen molar-refractivity contribution in [1.82, 2.24) is 5.43 Å². The van der Waals surface area contributed by atoms with Gasteiger partial charge < -0.3 is 10.6 Å². The van der Waals surface area contributed by atoms with Crippen LogP contribution < -0.4 is 16.1 Å². The fourth-order valence-corrected chi connectivity index (χ4v) is 3.86. The maximum absolute atomic E-state index is 12.4. The average Bonchev–Trinajstić information content (AvgIpc) is 2.77. The molecule has 32 heavy (non-hydrogen) atoms. The highest BCUT2D eigenvalue weighted by Crippen LogP contribution is 2.34. The molecule has 8 heteroatoms. The van der Waals surface area contributed by atoms with Crippen LogP contribution in [0, 0.1) is 24.0 Å². The summed E-state index contributed by atoms with van der Waals surface area (Å²) in [5.74, 6) is 0. The molecule has 0 fully saturated rings. The zero-order valence-corrected chi connectivity index (χ0v) is 17.8. The van der Waals surface area contributed by atoms with Gasteiger partial charge >= 0.3 is 6.03 Å². The third-order valence-corrected chi connectivity index (χ3v) is 5.39. The number of aryl methyl sites for hydroxylation is 2. The molecule has 1 heterocycles. The lowest BCUT2D eigenvalue weighted by Gasteiger charge is -2.29. The number of rotatable bonds is 4. The molecule has 3 aromatic rings. The van der Waals surface area contributed by atoms with Crippen LogP contribution in [0.4, 0.5) is 21.9 Å². The molecule has 0 bridgehead atoms. The number of hydrogen-bond acceptors (Lipinski definition) is 5. The standard InChI is InChI=1S/C24H23N5O3/c1-15-7-12-19(16(2)13-15)22-14-23(20-5-3-4-6-21(20)26-22)27-28-24(30)25-17-8-10-18(11-9-17)29(31)32/h3-13,22,26H,14H2,1-2H3,(H2,25,28,30). The predicted molar refractivity (Wildman–Crippen MR) is 125 cm³/mol. The van der Waals surface area contributed by atoms with Crippen LogP contribution in [-0.2, 0) is 0 Å². The molecule has 3 N–H and O–H groups in total. The van der Waals surface area contributed by atoms with Gasteiger partial charge in [-0.05, 0) is 43.2 Å². The van der Waals surface area contributed by atoms with Gasteiger partial charge in [0.1, 0.15) is 0 Å². The Hall–Kier alpha value is -4.20. The second-order valence-corrected chi connectivity index (χ2v) is 7.74. The Morgan fingerprint density at radius 2 is 1.84 bits per heavy atom. The lowest BCUT2D eigenvalue weighted by atomic mass is 9.89. The first-order valence-electron chi connectivity index (χ1n) is 10.2. The van der Waals surface area contributed by atoms with Gasteiger partial charge in [0.2, 0.25) is 0 Å². The Morgan fingerprint density at radius 3 is 2.56 bits per heavy atom. The number of urea groups is 1. The number of anilines is 2. The molecular weight excluding hydrogens is 406 g/mol. The first kappa shape index (κ1) is 21.0. The number of benzene rings is 3. The second kappa shape index (κ2) is 8.89. The monoisotopic (exact) mass is 429 g/mol. The van der Waals surface area contributed by atoms with E-state index in [0.29, 0.717) is 12.1 Å². The average molecular weight is 429 g/mol. The Labute approximate surface area is 185 Å². The van der Waals surface area contributed by atoms with Gasteiger partial charge in [0.05, 0.1) is 16.7 Å². The van der Waals surface area contributed by atoms with Gasteiger partial charge in [0.15, 0.2) is 0 Å². The molecule has 1 aliphatic heterocycles. The number of nitro groups is 1. The Kier molecular flexibility index (Phi) is 5.85. The molecule has 1 atom stereocenters. The Bertz CT molecular complexity index is 1200. The van der Waals surface area contributed by atoms with E-state index in [-0.39, 0.29) is 11.7 Å². The lowest BCUT2D eigenvalue weighted by Crippen LogP contribution is -2.29. The molecule has 0 saturated carbocycles. The van der Waals surface area contributed by atoms with Gasteiger partial charge in [0, 0.05) is 35.5 Å². The van der Waals surface area contributed by atoms with E-state index in [9.17, 15) is 14.9 Å². The van der Waals surface area contributed by atoms with E-state index in [2.05, 4.69) is 53.2 Å². The number of nitro benzene ring substituents is 1. The van der Waals surface area contributed by atoms with Crippen LogP contribution in [-0.4, -0.2) is 16.7 Å². The highest BCUT2D eigenvalue weighted by atomic mass is 16.6. The fraction of sp³-hybridized carbons (Fsp3) is 0.167. The van der Waals surface area contributed by atoms with E-state index in [4.69, 9.17) is 0 Å². The van der Waals surface area contributed by atoms with Crippen LogP contribution in [0.5, 0.6) is 0 Å². The summed E-state index contributed by atoms with van der Waals surface area (Å²) in [4.78, 5) is 22.6. The third kappa shape index (κ3) is 4.59. The van der Waals surface area contributed by atoms with Crippen LogP contribution in [0.15, 0.2) is 71.8 Å². The van der Waals surface area contributed by atoms with E-state index in [1.165, 1.54) is 41.0 Å². The number of para-hydroxylation sites is 1. The van der Waals surface area contributed by atoms with Crippen LogP contribution >= 0.6 is 0 Å². The van der Waals surface area contributed by atoms with E-state index in [0.717, 1.165) is 17.0 Å². The van der Waals surface area contributed by atoms with Crippen molar-refractivity contribution in [2.45, 2.75) is 26.3 Å². The maximum Gasteiger partial charge on any atom is 0.339 e. The minimum Gasteiger partial charge on any atom is -0.377 e. The minimum absolute atomic E-state index is 0.0313. The van der Waals surface area contributed by atoms with E-state index < -0.39 is 11.0 Å². The summed E-state index contributed by atoms with van der Waals surface area (Å²) in [7, 11) is 0. The number of nitrogens with zero attached hydrogens (tertiary/aromatic N) is 2. The van der Waals surface area contributed by atoms with E-state index in [1.54, 1.807) is 0 Å². The third-order valence-electron chi connectivity index (χ3n) is 5.39. The summed E-state index contributed by atoms with van der Waals surface area (Å²) >= 11 is 0. The van der Waals surface area contributed by atoms with Crippen LogP contribution in [0.2, 0.25) is 0 Å². The summed E-state index contributed by atoms with van der Waals surface area (Å²) in [6, 6.07) is 19.4. The zero-order chi connectivity index (χ0) is 22.7. The van der Waals surface area contributed by atoms with E-state index in [1.807, 2.05) is 24.3 Å². The number of hydrazone groups is 1. The number of amides is 2. The topological polar surface area (TPSA) is 109 Å². The molecule has 2 amide bonds. The van der Waals surface area contributed by atoms with Crippen LogP contribution in [0.3, 0.4) is 0 Å². The Balaban J connectivity index is 1.53. The Morgan fingerprint density at radius 1 is 1.09 bits per heavy atom. The van der Waals surface area contributed by atoms with Crippen molar-refractivity contribution in [1.29, 1.82) is 0 Å². The molecule has 1 aliphatic rings. The fourth-order valence-electron chi connectivity index (χ4n) is 3.86. The number of carbonyl (C=O) groups excluding carboxylic acids is 1. The van der Waals surface area contributed by atoms with Crippen molar-refractivity contribution in [3.63, 3.8) is 0 Å². The van der Waals surface area contributed by atoms with Gasteiger partial charge in [-0.2, -0.15) is 5.10 Å². The predicted octanol–water partition coefficient (Wildman–Crippen LogP) is 5.29. The molecule has 0 aromatic heterocycles. The highest BCUT2D eigenvalue weighted by Gasteiger charge is 2.25. The van der Waals surface area contributed by atoms with Gasteiger partial charge in [-0.15, -0.1) is 0 Å². The number of fused-ring (bicyclic) bond motifs is 1. The van der Waals surface area contributed by atoms with Crippen molar-refractivity contribution in [3.05, 3.63) is 99.1 Å². The maximum atomic E-state index is 12.4. The van der Waals surface area contributed by atoms with Crippen LogP contribution in [0.25, 0.3) is 0 Å². The van der Waals surface area contributed by atoms with Crippen LogP contribution in [0.1, 0.15) is 34.7 Å². The second-order valence-electron chi connectivity index (χ2n) is 7.74. The summed E-state index contributed by atoms with van der Waals surface area (Å²) in [6.45, 7) is 4.16. The molecule has 0 radical (unpaired) electrons. The number of non-ortho nitro benzene ring substituents is 1. The minimum atomic E-state index is -0.523. The smallest absolute Gasteiger partial charge is 0.339 e. The SMILES string of the molecule is Cc1ccc(C2CC(=NNC(=O)Nc3ccc([N+](=O)[O-])cc3)c3ccccc3N2)c(C)c1. The quantitative estimate of drug-likeness (QED) is 0.386. The number of nitrogens with one attached hydrogen (secondary N) is 3. The first-order valence-corrected chi connectivity index (χ1v) is 10.2.